The zero-order valence-corrected chi connectivity index (χ0v) is 20.6. The lowest BCUT2D eigenvalue weighted by atomic mass is 10.0. The first-order valence-electron chi connectivity index (χ1n) is 11.1. The average Bonchev–Trinajstić information content (AvgIpc) is 2.85. The van der Waals surface area contributed by atoms with Gasteiger partial charge in [-0.2, -0.15) is 0 Å². The van der Waals surface area contributed by atoms with Crippen LogP contribution in [-0.2, 0) is 22.6 Å². The van der Waals surface area contributed by atoms with Crippen molar-refractivity contribution in [2.24, 2.45) is 0 Å². The summed E-state index contributed by atoms with van der Waals surface area (Å²) < 4.78 is 5.72. The Kier molecular flexibility index (Phi) is 9.80. The van der Waals surface area contributed by atoms with Crippen LogP contribution in [0.3, 0.4) is 0 Å². The molecular weight excluding hydrogens is 471 g/mol. The number of likely N-dealkylation sites (N-methyl/N-ethyl adjacent to an activating group) is 1. The summed E-state index contributed by atoms with van der Waals surface area (Å²) in [4.78, 5) is 27.9. The Morgan fingerprint density at radius 3 is 2.29 bits per heavy atom. The number of hydrogen-bond acceptors (Lipinski definition) is 3. The summed E-state index contributed by atoms with van der Waals surface area (Å²) >= 11 is 12.1. The van der Waals surface area contributed by atoms with Gasteiger partial charge < -0.3 is 15.0 Å². The Bertz CT molecular complexity index is 1070. The van der Waals surface area contributed by atoms with Crippen LogP contribution in [0.4, 0.5) is 0 Å². The van der Waals surface area contributed by atoms with E-state index < -0.39 is 6.04 Å². The highest BCUT2D eigenvalue weighted by Gasteiger charge is 2.29. The van der Waals surface area contributed by atoms with Gasteiger partial charge in [0.15, 0.2) is 0 Å². The number of benzene rings is 3. The second-order valence-corrected chi connectivity index (χ2v) is 8.75. The van der Waals surface area contributed by atoms with Gasteiger partial charge in [-0.1, -0.05) is 65.7 Å². The number of halogens is 2. The molecule has 3 aromatic rings. The molecule has 0 aliphatic rings. The average molecular weight is 499 g/mol. The zero-order valence-electron chi connectivity index (χ0n) is 19.0. The van der Waals surface area contributed by atoms with E-state index in [9.17, 15) is 9.59 Å². The molecule has 0 saturated carbocycles. The van der Waals surface area contributed by atoms with Crippen LogP contribution in [0.1, 0.15) is 24.0 Å². The third kappa shape index (κ3) is 7.79. The molecular formula is C27H28Cl2N2O3. The highest BCUT2D eigenvalue weighted by Crippen LogP contribution is 2.19. The molecule has 7 heteroatoms. The number of rotatable bonds is 11. The van der Waals surface area contributed by atoms with E-state index in [1.807, 2.05) is 48.5 Å². The molecule has 0 aliphatic heterocycles. The Balaban J connectivity index is 1.74. The van der Waals surface area contributed by atoms with E-state index in [4.69, 9.17) is 27.9 Å². The van der Waals surface area contributed by atoms with E-state index in [1.54, 1.807) is 42.3 Å². The molecule has 0 fully saturated rings. The highest BCUT2D eigenvalue weighted by atomic mass is 35.5. The summed E-state index contributed by atoms with van der Waals surface area (Å²) in [6.45, 7) is 0.657. The molecule has 0 bridgehead atoms. The minimum atomic E-state index is -0.656. The predicted octanol–water partition coefficient (Wildman–Crippen LogP) is 5.54. The fourth-order valence-electron chi connectivity index (χ4n) is 3.64. The van der Waals surface area contributed by atoms with Gasteiger partial charge in [0.05, 0.1) is 6.61 Å². The van der Waals surface area contributed by atoms with Crippen molar-refractivity contribution in [2.45, 2.75) is 31.8 Å². The van der Waals surface area contributed by atoms with Gasteiger partial charge in [-0.15, -0.1) is 0 Å². The number of carbonyl (C=O) groups excluding carboxylic acids is 2. The van der Waals surface area contributed by atoms with E-state index in [0.717, 1.165) is 11.1 Å². The molecule has 2 amide bonds. The maximum absolute atomic E-state index is 13.4. The van der Waals surface area contributed by atoms with E-state index in [2.05, 4.69) is 5.32 Å². The Hall–Kier alpha value is -3.02. The molecule has 0 spiro atoms. The van der Waals surface area contributed by atoms with Crippen LogP contribution in [-0.4, -0.2) is 36.4 Å². The summed E-state index contributed by atoms with van der Waals surface area (Å²) in [6.07, 6.45) is 1.17. The van der Waals surface area contributed by atoms with Crippen LogP contribution in [0.5, 0.6) is 5.75 Å². The summed E-state index contributed by atoms with van der Waals surface area (Å²) in [6, 6.07) is 23.5. The third-order valence-corrected chi connectivity index (χ3v) is 5.86. The second-order valence-electron chi connectivity index (χ2n) is 7.88. The van der Waals surface area contributed by atoms with Gasteiger partial charge in [0.25, 0.3) is 0 Å². The van der Waals surface area contributed by atoms with Crippen molar-refractivity contribution in [1.29, 1.82) is 0 Å². The Labute approximate surface area is 210 Å². The normalized spacial score (nSPS) is 11.5. The van der Waals surface area contributed by atoms with Crippen LogP contribution in [0.25, 0.3) is 0 Å². The summed E-state index contributed by atoms with van der Waals surface area (Å²) in [5.74, 6) is 0.362. The fourth-order valence-corrected chi connectivity index (χ4v) is 3.98. The van der Waals surface area contributed by atoms with Gasteiger partial charge in [0.1, 0.15) is 11.8 Å². The topological polar surface area (TPSA) is 58.6 Å². The van der Waals surface area contributed by atoms with Crippen molar-refractivity contribution in [1.82, 2.24) is 10.2 Å². The lowest BCUT2D eigenvalue weighted by molar-refractivity contribution is -0.141. The van der Waals surface area contributed by atoms with Crippen LogP contribution in [0.2, 0.25) is 10.0 Å². The highest BCUT2D eigenvalue weighted by molar-refractivity contribution is 6.30. The van der Waals surface area contributed by atoms with Gasteiger partial charge in [0.2, 0.25) is 11.8 Å². The quantitative estimate of drug-likeness (QED) is 0.353. The molecule has 5 nitrogen and oxygen atoms in total. The van der Waals surface area contributed by atoms with Crippen LogP contribution in [0.15, 0.2) is 78.9 Å². The van der Waals surface area contributed by atoms with Crippen molar-refractivity contribution in [3.05, 3.63) is 100 Å². The van der Waals surface area contributed by atoms with Crippen molar-refractivity contribution in [3.8, 4) is 5.75 Å². The van der Waals surface area contributed by atoms with Crippen molar-refractivity contribution >= 4 is 35.0 Å². The maximum Gasteiger partial charge on any atom is 0.242 e. The van der Waals surface area contributed by atoms with Gasteiger partial charge >= 0.3 is 0 Å². The van der Waals surface area contributed by atoms with Crippen molar-refractivity contribution in [3.63, 3.8) is 0 Å². The first-order valence-corrected chi connectivity index (χ1v) is 11.9. The third-order valence-electron chi connectivity index (χ3n) is 5.38. The monoisotopic (exact) mass is 498 g/mol. The number of carbonyl (C=O) groups is 2. The molecule has 34 heavy (non-hydrogen) atoms. The molecule has 1 atom stereocenters. The minimum absolute atomic E-state index is 0.121. The standard InChI is InChI=1S/C27H28Cl2N2O3/c1-30-27(33)25(18-20-7-3-2-4-8-20)31(19-21-9-5-10-23(29)17-21)26(32)11-6-16-34-24-14-12-22(28)13-15-24/h2-5,7-10,12-15,17,25H,6,11,16,18-19H2,1H3,(H,30,33)/t25-/m1/s1. The molecule has 0 aliphatic carbocycles. The van der Waals surface area contributed by atoms with E-state index >= 15 is 0 Å². The van der Waals surface area contributed by atoms with Gasteiger partial charge in [-0.25, -0.2) is 0 Å². The lowest BCUT2D eigenvalue weighted by Gasteiger charge is -2.31. The predicted molar refractivity (Wildman–Crippen MR) is 136 cm³/mol. The molecule has 0 unspecified atom stereocenters. The van der Waals surface area contributed by atoms with Gasteiger partial charge in [-0.3, -0.25) is 9.59 Å². The first kappa shape index (κ1) is 25.6. The minimum Gasteiger partial charge on any atom is -0.494 e. The number of nitrogens with zero attached hydrogens (tertiary/aromatic N) is 1. The van der Waals surface area contributed by atoms with Crippen molar-refractivity contribution in [2.75, 3.05) is 13.7 Å². The summed E-state index contributed by atoms with van der Waals surface area (Å²) in [7, 11) is 1.59. The van der Waals surface area contributed by atoms with Gasteiger partial charge in [0, 0.05) is 36.5 Å². The summed E-state index contributed by atoms with van der Waals surface area (Å²) in [5, 5.41) is 3.94. The zero-order chi connectivity index (χ0) is 24.3. The molecule has 3 aromatic carbocycles. The van der Waals surface area contributed by atoms with E-state index in [0.29, 0.717) is 35.2 Å². The lowest BCUT2D eigenvalue weighted by Crippen LogP contribution is -2.49. The molecule has 3 rings (SSSR count). The second kappa shape index (κ2) is 13.0. The van der Waals surface area contributed by atoms with Gasteiger partial charge in [-0.05, 0) is 53.9 Å². The first-order chi connectivity index (χ1) is 16.5. The largest absolute Gasteiger partial charge is 0.494 e. The maximum atomic E-state index is 13.4. The SMILES string of the molecule is CNC(=O)[C@@H](Cc1ccccc1)N(Cc1cccc(Cl)c1)C(=O)CCCOc1ccc(Cl)cc1. The van der Waals surface area contributed by atoms with Crippen LogP contribution < -0.4 is 10.1 Å². The summed E-state index contributed by atoms with van der Waals surface area (Å²) in [5.41, 5.74) is 1.84. The smallest absolute Gasteiger partial charge is 0.242 e. The van der Waals surface area contributed by atoms with E-state index in [-0.39, 0.29) is 24.8 Å². The molecule has 0 saturated heterocycles. The molecule has 178 valence electrons. The van der Waals surface area contributed by atoms with E-state index in [1.165, 1.54) is 0 Å². The molecule has 0 radical (unpaired) electrons. The van der Waals surface area contributed by atoms with Crippen LogP contribution in [0, 0.1) is 0 Å². The Morgan fingerprint density at radius 2 is 1.62 bits per heavy atom. The molecule has 0 aromatic heterocycles. The van der Waals surface area contributed by atoms with Crippen LogP contribution >= 0.6 is 23.2 Å². The fraction of sp³-hybridized carbons (Fsp3) is 0.259. The number of ether oxygens (including phenoxy) is 1. The molecule has 1 N–H and O–H groups in total. The number of amides is 2. The molecule has 0 heterocycles. The number of hydrogen-bond donors (Lipinski definition) is 1. The number of nitrogens with one attached hydrogen (secondary N) is 1. The Morgan fingerprint density at radius 1 is 0.912 bits per heavy atom. The van der Waals surface area contributed by atoms with Crippen molar-refractivity contribution < 1.29 is 14.3 Å².